The van der Waals surface area contributed by atoms with Crippen LogP contribution in [0, 0.1) is 5.82 Å². The van der Waals surface area contributed by atoms with Crippen molar-refractivity contribution in [3.8, 4) is 0 Å². The minimum atomic E-state index is -3.68. The number of carbonyl (C=O) groups is 1. The van der Waals surface area contributed by atoms with Gasteiger partial charge in [-0.2, -0.15) is 8.42 Å². The molecule has 0 fully saturated rings. The van der Waals surface area contributed by atoms with E-state index in [9.17, 15) is 17.6 Å². The Morgan fingerprint density at radius 3 is 2.43 bits per heavy atom. The second-order valence-corrected chi connectivity index (χ2v) is 7.77. The molecule has 0 aliphatic rings. The maximum atomic E-state index is 13.7. The van der Waals surface area contributed by atoms with Crippen LogP contribution in [0.2, 0.25) is 0 Å². The molecule has 1 aromatic carbocycles. The molecule has 0 aromatic heterocycles. The molecule has 0 aliphatic carbocycles. The molecule has 6 nitrogen and oxygen atoms in total. The van der Waals surface area contributed by atoms with Gasteiger partial charge in [0.2, 0.25) is 0 Å². The van der Waals surface area contributed by atoms with E-state index in [-0.39, 0.29) is 13.0 Å². The van der Waals surface area contributed by atoms with Gasteiger partial charge in [0.25, 0.3) is 10.1 Å². The highest BCUT2D eigenvalue weighted by Crippen LogP contribution is 2.11. The number of halogens is 1. The van der Waals surface area contributed by atoms with E-state index < -0.39 is 33.7 Å². The van der Waals surface area contributed by atoms with E-state index in [1.54, 1.807) is 39.0 Å². The van der Waals surface area contributed by atoms with Crippen LogP contribution in [0.4, 0.5) is 9.18 Å². The van der Waals surface area contributed by atoms with Crippen LogP contribution >= 0.6 is 0 Å². The molecule has 0 unspecified atom stereocenters. The molecule has 1 rings (SSSR count). The number of benzene rings is 1. The fraction of sp³-hybridized carbons (Fsp3) is 0.533. The van der Waals surface area contributed by atoms with Gasteiger partial charge in [0.15, 0.2) is 0 Å². The van der Waals surface area contributed by atoms with Crippen molar-refractivity contribution >= 4 is 16.2 Å². The Morgan fingerprint density at radius 2 is 1.91 bits per heavy atom. The lowest BCUT2D eigenvalue weighted by atomic mass is 10.1. The van der Waals surface area contributed by atoms with Gasteiger partial charge in [-0.25, -0.2) is 9.18 Å². The first-order valence-electron chi connectivity index (χ1n) is 7.03. The Kier molecular flexibility index (Phi) is 6.52. The van der Waals surface area contributed by atoms with E-state index in [4.69, 9.17) is 8.92 Å². The van der Waals surface area contributed by atoms with Gasteiger partial charge < -0.3 is 10.1 Å². The van der Waals surface area contributed by atoms with Crippen LogP contribution in [0.25, 0.3) is 0 Å². The number of alkyl carbamates (subject to hydrolysis) is 1. The smallest absolute Gasteiger partial charge is 0.407 e. The highest BCUT2D eigenvalue weighted by Gasteiger charge is 2.22. The number of amides is 1. The number of ether oxygens (including phenoxy) is 1. The Labute approximate surface area is 136 Å². The molecular formula is C15H22FNO5S. The zero-order valence-electron chi connectivity index (χ0n) is 13.6. The van der Waals surface area contributed by atoms with Crippen LogP contribution in [0.15, 0.2) is 24.3 Å². The molecule has 0 saturated heterocycles. The lowest BCUT2D eigenvalue weighted by Crippen LogP contribution is -2.43. The predicted molar refractivity (Wildman–Crippen MR) is 84.1 cm³/mol. The van der Waals surface area contributed by atoms with Crippen LogP contribution in [0.1, 0.15) is 26.3 Å². The summed E-state index contributed by atoms with van der Waals surface area (Å²) in [5.41, 5.74) is -0.365. The molecule has 23 heavy (non-hydrogen) atoms. The number of hydrogen-bond donors (Lipinski definition) is 1. The molecule has 0 bridgehead atoms. The highest BCUT2D eigenvalue weighted by atomic mass is 32.2. The van der Waals surface area contributed by atoms with Gasteiger partial charge in [0.1, 0.15) is 11.4 Å². The summed E-state index contributed by atoms with van der Waals surface area (Å²) >= 11 is 0. The van der Waals surface area contributed by atoms with Crippen molar-refractivity contribution in [1.82, 2.24) is 5.32 Å². The SMILES string of the molecule is CC(C)(C)OC(=O)N[C@H](COS(C)(=O)=O)Cc1ccccc1F. The molecule has 0 heterocycles. The zero-order chi connectivity index (χ0) is 17.7. The van der Waals surface area contributed by atoms with Crippen molar-refractivity contribution in [2.75, 3.05) is 12.9 Å². The number of rotatable bonds is 6. The van der Waals surface area contributed by atoms with E-state index >= 15 is 0 Å². The lowest BCUT2D eigenvalue weighted by Gasteiger charge is -2.23. The maximum Gasteiger partial charge on any atom is 0.407 e. The first kappa shape index (κ1) is 19.4. The first-order valence-corrected chi connectivity index (χ1v) is 8.85. The lowest BCUT2D eigenvalue weighted by molar-refractivity contribution is 0.0488. The normalized spacial score (nSPS) is 13.4. The Hall–Kier alpha value is -1.67. The highest BCUT2D eigenvalue weighted by molar-refractivity contribution is 7.85. The quantitative estimate of drug-likeness (QED) is 0.798. The topological polar surface area (TPSA) is 81.7 Å². The monoisotopic (exact) mass is 347 g/mol. The zero-order valence-corrected chi connectivity index (χ0v) is 14.4. The molecule has 1 aromatic rings. The van der Waals surface area contributed by atoms with Gasteiger partial charge >= 0.3 is 6.09 Å². The minimum absolute atomic E-state index is 0.0709. The summed E-state index contributed by atoms with van der Waals surface area (Å²) in [6.45, 7) is 4.79. The summed E-state index contributed by atoms with van der Waals surface area (Å²) in [4.78, 5) is 11.8. The van der Waals surface area contributed by atoms with Crippen LogP contribution < -0.4 is 5.32 Å². The molecule has 0 radical (unpaired) electrons. The molecular weight excluding hydrogens is 325 g/mol. The minimum Gasteiger partial charge on any atom is -0.444 e. The average molecular weight is 347 g/mol. The molecule has 1 N–H and O–H groups in total. The van der Waals surface area contributed by atoms with Gasteiger partial charge in [0.05, 0.1) is 18.9 Å². The third-order valence-electron chi connectivity index (χ3n) is 2.63. The van der Waals surface area contributed by atoms with Gasteiger partial charge in [-0.15, -0.1) is 0 Å². The van der Waals surface area contributed by atoms with Gasteiger partial charge in [0, 0.05) is 0 Å². The van der Waals surface area contributed by atoms with E-state index in [0.29, 0.717) is 5.56 Å². The van der Waals surface area contributed by atoms with Crippen LogP contribution in [0.3, 0.4) is 0 Å². The molecule has 0 saturated carbocycles. The summed E-state index contributed by atoms with van der Waals surface area (Å²) < 4.78 is 45.8. The molecule has 0 aliphatic heterocycles. The van der Waals surface area contributed by atoms with Crippen molar-refractivity contribution in [2.24, 2.45) is 0 Å². The van der Waals surface area contributed by atoms with Crippen molar-refractivity contribution < 1.29 is 26.5 Å². The summed E-state index contributed by atoms with van der Waals surface area (Å²) in [6, 6.07) is 5.29. The molecule has 8 heteroatoms. The second kappa shape index (κ2) is 7.74. The Bertz CT molecular complexity index is 640. The average Bonchev–Trinajstić information content (AvgIpc) is 2.35. The van der Waals surface area contributed by atoms with Crippen molar-refractivity contribution in [1.29, 1.82) is 0 Å². The van der Waals surface area contributed by atoms with Gasteiger partial charge in [-0.05, 0) is 38.8 Å². The fourth-order valence-corrected chi connectivity index (χ4v) is 2.17. The largest absolute Gasteiger partial charge is 0.444 e. The van der Waals surface area contributed by atoms with Gasteiger partial charge in [-0.3, -0.25) is 4.18 Å². The summed E-state index contributed by atoms with van der Waals surface area (Å²) in [5, 5.41) is 2.50. The summed E-state index contributed by atoms with van der Waals surface area (Å²) in [7, 11) is -3.68. The van der Waals surface area contributed by atoms with E-state index in [1.807, 2.05) is 0 Å². The number of hydrogen-bond acceptors (Lipinski definition) is 5. The van der Waals surface area contributed by atoms with Crippen molar-refractivity contribution in [2.45, 2.75) is 38.8 Å². The second-order valence-electron chi connectivity index (χ2n) is 6.13. The number of carbonyl (C=O) groups excluding carboxylic acids is 1. The molecule has 0 spiro atoms. The van der Waals surface area contributed by atoms with Crippen LogP contribution in [0.5, 0.6) is 0 Å². The molecule has 1 amide bonds. The Balaban J connectivity index is 2.80. The summed E-state index contributed by atoms with van der Waals surface area (Å²) in [6.07, 6.45) is 0.248. The van der Waals surface area contributed by atoms with E-state index in [1.165, 1.54) is 6.07 Å². The van der Waals surface area contributed by atoms with Crippen molar-refractivity contribution in [3.05, 3.63) is 35.6 Å². The molecule has 130 valence electrons. The summed E-state index contributed by atoms with van der Waals surface area (Å²) in [5.74, 6) is -0.442. The first-order chi connectivity index (χ1) is 10.5. The Morgan fingerprint density at radius 1 is 1.30 bits per heavy atom. The standard InChI is InChI=1S/C15H22FNO5S/c1-15(2,3)22-14(18)17-12(10-21-23(4,19)20)9-11-7-5-6-8-13(11)16/h5-8,12H,9-10H2,1-4H3,(H,17,18)/t12-/m0/s1. The fourth-order valence-electron chi connectivity index (χ4n) is 1.76. The van der Waals surface area contributed by atoms with Gasteiger partial charge in [-0.1, -0.05) is 18.2 Å². The maximum absolute atomic E-state index is 13.7. The van der Waals surface area contributed by atoms with Crippen LogP contribution in [-0.4, -0.2) is 39.0 Å². The van der Waals surface area contributed by atoms with Crippen molar-refractivity contribution in [3.63, 3.8) is 0 Å². The van der Waals surface area contributed by atoms with E-state index in [0.717, 1.165) is 6.26 Å². The third kappa shape index (κ3) is 8.51. The van der Waals surface area contributed by atoms with E-state index in [2.05, 4.69) is 5.32 Å². The third-order valence-corrected chi connectivity index (χ3v) is 3.19. The predicted octanol–water partition coefficient (Wildman–Crippen LogP) is 2.24. The number of nitrogens with one attached hydrogen (secondary N) is 1. The molecule has 1 atom stereocenters. The van der Waals surface area contributed by atoms with Crippen LogP contribution in [-0.2, 0) is 25.5 Å².